The molecule has 1 aliphatic heterocycles. The predicted molar refractivity (Wildman–Crippen MR) is 76.1 cm³/mol. The number of nitriles is 1. The molecule has 0 radical (unpaired) electrons. The van der Waals surface area contributed by atoms with Crippen molar-refractivity contribution in [1.29, 1.82) is 5.26 Å². The number of aromatic nitrogens is 1. The molecule has 1 saturated heterocycles. The summed E-state index contributed by atoms with van der Waals surface area (Å²) in [7, 11) is 0. The van der Waals surface area contributed by atoms with Gasteiger partial charge in [-0.1, -0.05) is 6.07 Å². The number of nitrogens with zero attached hydrogens (tertiary/aromatic N) is 3. The monoisotopic (exact) mass is 270 g/mol. The van der Waals surface area contributed by atoms with Crippen molar-refractivity contribution >= 4 is 11.1 Å². The van der Waals surface area contributed by atoms with Crippen molar-refractivity contribution in [2.45, 2.75) is 19.4 Å². The number of benzene rings is 1. The van der Waals surface area contributed by atoms with Gasteiger partial charge in [-0.05, 0) is 37.2 Å². The van der Waals surface area contributed by atoms with Gasteiger partial charge in [-0.25, -0.2) is 4.98 Å². The van der Waals surface area contributed by atoms with Crippen LogP contribution in [-0.2, 0) is 13.0 Å². The maximum atomic E-state index is 8.68. The molecule has 0 bridgehead atoms. The SMILES string of the molecule is N#CCc1nc2cc(CN3CCCNCC3)ccc2o1. The molecule has 2 heterocycles. The Bertz CT molecular complexity index is 620. The van der Waals surface area contributed by atoms with Crippen molar-refractivity contribution < 1.29 is 4.42 Å². The number of hydrogen-bond donors (Lipinski definition) is 1. The first-order valence-electron chi connectivity index (χ1n) is 7.03. The molecule has 5 nitrogen and oxygen atoms in total. The lowest BCUT2D eigenvalue weighted by Crippen LogP contribution is -2.27. The quantitative estimate of drug-likeness (QED) is 0.919. The normalized spacial score (nSPS) is 16.9. The van der Waals surface area contributed by atoms with Crippen molar-refractivity contribution in [3.05, 3.63) is 29.7 Å². The number of nitrogens with one attached hydrogen (secondary N) is 1. The van der Waals surface area contributed by atoms with Crippen LogP contribution in [0.3, 0.4) is 0 Å². The average Bonchev–Trinajstić information content (AvgIpc) is 2.66. The maximum Gasteiger partial charge on any atom is 0.209 e. The summed E-state index contributed by atoms with van der Waals surface area (Å²) in [5.74, 6) is 0.499. The molecule has 0 spiro atoms. The molecule has 20 heavy (non-hydrogen) atoms. The van der Waals surface area contributed by atoms with Gasteiger partial charge in [-0.3, -0.25) is 4.90 Å². The number of rotatable bonds is 3. The Morgan fingerprint density at radius 3 is 3.20 bits per heavy atom. The highest BCUT2D eigenvalue weighted by molar-refractivity contribution is 5.73. The smallest absolute Gasteiger partial charge is 0.209 e. The van der Waals surface area contributed by atoms with Crippen molar-refractivity contribution in [1.82, 2.24) is 15.2 Å². The zero-order valence-electron chi connectivity index (χ0n) is 11.4. The minimum Gasteiger partial charge on any atom is -0.440 e. The molecule has 104 valence electrons. The zero-order chi connectivity index (χ0) is 13.8. The highest BCUT2D eigenvalue weighted by Crippen LogP contribution is 2.18. The third-order valence-electron chi connectivity index (χ3n) is 3.57. The van der Waals surface area contributed by atoms with Gasteiger partial charge >= 0.3 is 0 Å². The fourth-order valence-corrected chi connectivity index (χ4v) is 2.58. The fourth-order valence-electron chi connectivity index (χ4n) is 2.58. The summed E-state index contributed by atoms with van der Waals surface area (Å²) in [6, 6.07) is 8.17. The van der Waals surface area contributed by atoms with E-state index in [9.17, 15) is 0 Å². The van der Waals surface area contributed by atoms with Crippen LogP contribution in [0.15, 0.2) is 22.6 Å². The van der Waals surface area contributed by atoms with Crippen LogP contribution in [0.1, 0.15) is 17.9 Å². The van der Waals surface area contributed by atoms with Gasteiger partial charge in [0.25, 0.3) is 0 Å². The first kappa shape index (κ1) is 13.1. The van der Waals surface area contributed by atoms with Gasteiger partial charge in [0, 0.05) is 19.6 Å². The maximum absolute atomic E-state index is 8.68. The molecule has 5 heteroatoms. The Balaban J connectivity index is 1.76. The molecular weight excluding hydrogens is 252 g/mol. The van der Waals surface area contributed by atoms with Gasteiger partial charge in [-0.2, -0.15) is 5.26 Å². The summed E-state index contributed by atoms with van der Waals surface area (Å²) >= 11 is 0. The largest absolute Gasteiger partial charge is 0.440 e. The second-order valence-corrected chi connectivity index (χ2v) is 5.12. The Morgan fingerprint density at radius 1 is 1.35 bits per heavy atom. The second-order valence-electron chi connectivity index (χ2n) is 5.12. The van der Waals surface area contributed by atoms with Crippen molar-refractivity contribution in [2.24, 2.45) is 0 Å². The summed E-state index contributed by atoms with van der Waals surface area (Å²) in [5, 5.41) is 12.1. The zero-order valence-corrected chi connectivity index (χ0v) is 11.4. The molecule has 0 amide bonds. The van der Waals surface area contributed by atoms with Crippen molar-refractivity contribution in [2.75, 3.05) is 26.2 Å². The van der Waals surface area contributed by atoms with Gasteiger partial charge in [0.2, 0.25) is 5.89 Å². The van der Waals surface area contributed by atoms with Crippen LogP contribution in [0.25, 0.3) is 11.1 Å². The van der Waals surface area contributed by atoms with E-state index in [0.717, 1.165) is 43.8 Å². The minimum atomic E-state index is 0.224. The molecule has 0 saturated carbocycles. The lowest BCUT2D eigenvalue weighted by molar-refractivity contribution is 0.284. The Morgan fingerprint density at radius 2 is 2.30 bits per heavy atom. The van der Waals surface area contributed by atoms with Crippen molar-refractivity contribution in [3.8, 4) is 6.07 Å². The standard InChI is InChI=1S/C15H18N4O/c16-5-4-15-18-13-10-12(2-3-14(13)20-15)11-19-8-1-6-17-7-9-19/h2-3,10,17H,1,4,6-9,11H2. The molecule has 1 N–H and O–H groups in total. The third-order valence-corrected chi connectivity index (χ3v) is 3.57. The Labute approximate surface area is 118 Å². The van der Waals surface area contributed by atoms with E-state index in [-0.39, 0.29) is 6.42 Å². The number of oxazole rings is 1. The van der Waals surface area contributed by atoms with E-state index in [0.29, 0.717) is 5.89 Å². The summed E-state index contributed by atoms with van der Waals surface area (Å²) in [5.41, 5.74) is 2.86. The molecular formula is C15H18N4O. The number of fused-ring (bicyclic) bond motifs is 1. The molecule has 1 aliphatic rings. The molecule has 2 aromatic rings. The van der Waals surface area contributed by atoms with E-state index in [4.69, 9.17) is 9.68 Å². The molecule has 1 fully saturated rings. The summed E-state index contributed by atoms with van der Waals surface area (Å²) < 4.78 is 5.52. The van der Waals surface area contributed by atoms with Gasteiger partial charge in [0.1, 0.15) is 11.9 Å². The van der Waals surface area contributed by atoms with E-state index in [2.05, 4.69) is 33.4 Å². The number of hydrogen-bond acceptors (Lipinski definition) is 5. The van der Waals surface area contributed by atoms with Crippen LogP contribution in [0.5, 0.6) is 0 Å². The van der Waals surface area contributed by atoms with Crippen LogP contribution < -0.4 is 5.32 Å². The van der Waals surface area contributed by atoms with E-state index < -0.39 is 0 Å². The van der Waals surface area contributed by atoms with E-state index in [1.807, 2.05) is 6.07 Å². The van der Waals surface area contributed by atoms with Crippen LogP contribution in [-0.4, -0.2) is 36.1 Å². The molecule has 3 rings (SSSR count). The van der Waals surface area contributed by atoms with E-state index in [1.165, 1.54) is 12.0 Å². The summed E-state index contributed by atoms with van der Waals surface area (Å²) in [6.07, 6.45) is 1.42. The molecule has 0 aliphatic carbocycles. The Kier molecular flexibility index (Phi) is 3.95. The molecule has 0 unspecified atom stereocenters. The third kappa shape index (κ3) is 2.98. The lowest BCUT2D eigenvalue weighted by atomic mass is 10.2. The lowest BCUT2D eigenvalue weighted by Gasteiger charge is -2.19. The van der Waals surface area contributed by atoms with E-state index in [1.54, 1.807) is 0 Å². The van der Waals surface area contributed by atoms with Gasteiger partial charge < -0.3 is 9.73 Å². The van der Waals surface area contributed by atoms with Gasteiger partial charge in [-0.15, -0.1) is 0 Å². The summed E-state index contributed by atoms with van der Waals surface area (Å²) in [4.78, 5) is 6.81. The highest BCUT2D eigenvalue weighted by atomic mass is 16.3. The van der Waals surface area contributed by atoms with Crippen LogP contribution in [0.4, 0.5) is 0 Å². The van der Waals surface area contributed by atoms with Crippen LogP contribution in [0.2, 0.25) is 0 Å². The second kappa shape index (κ2) is 6.04. The first-order chi connectivity index (χ1) is 9.85. The van der Waals surface area contributed by atoms with Gasteiger partial charge in [0.15, 0.2) is 5.58 Å². The molecule has 1 aromatic heterocycles. The van der Waals surface area contributed by atoms with Crippen LogP contribution in [0, 0.1) is 11.3 Å². The van der Waals surface area contributed by atoms with Gasteiger partial charge in [0.05, 0.1) is 6.07 Å². The summed E-state index contributed by atoms with van der Waals surface area (Å²) in [6.45, 7) is 5.31. The van der Waals surface area contributed by atoms with Crippen LogP contribution >= 0.6 is 0 Å². The molecule has 1 aromatic carbocycles. The molecule has 0 atom stereocenters. The average molecular weight is 270 g/mol. The Hall–Kier alpha value is -1.90. The van der Waals surface area contributed by atoms with E-state index >= 15 is 0 Å². The fraction of sp³-hybridized carbons (Fsp3) is 0.467. The van der Waals surface area contributed by atoms with Crippen molar-refractivity contribution in [3.63, 3.8) is 0 Å². The highest BCUT2D eigenvalue weighted by Gasteiger charge is 2.11. The first-order valence-corrected chi connectivity index (χ1v) is 7.03. The predicted octanol–water partition coefficient (Wildman–Crippen LogP) is 1.69. The minimum absolute atomic E-state index is 0.224. The topological polar surface area (TPSA) is 65.1 Å².